The first-order valence-electron chi connectivity index (χ1n) is 6.85. The maximum absolute atomic E-state index is 11.9. The fourth-order valence-electron chi connectivity index (χ4n) is 1.83. The van der Waals surface area contributed by atoms with Crippen LogP contribution in [0.3, 0.4) is 0 Å². The minimum Gasteiger partial charge on any atom is -0.299 e. The van der Waals surface area contributed by atoms with Gasteiger partial charge in [-0.05, 0) is 24.3 Å². The molecule has 3 aromatic rings. The molecule has 0 unspecified atom stereocenters. The van der Waals surface area contributed by atoms with Crippen molar-refractivity contribution in [3.63, 3.8) is 0 Å². The van der Waals surface area contributed by atoms with Gasteiger partial charge in [-0.2, -0.15) is 0 Å². The smallest absolute Gasteiger partial charge is 0.248 e. The van der Waals surface area contributed by atoms with Crippen LogP contribution in [0, 0.1) is 0 Å². The highest BCUT2D eigenvalue weighted by molar-refractivity contribution is 8.01. The number of carbonyl (C=O) groups excluding carboxylic acids is 1. The van der Waals surface area contributed by atoms with E-state index in [2.05, 4.69) is 27.4 Å². The van der Waals surface area contributed by atoms with Gasteiger partial charge in [-0.1, -0.05) is 30.5 Å². The van der Waals surface area contributed by atoms with Crippen molar-refractivity contribution in [3.05, 3.63) is 60.9 Å². The number of thioether (sulfide) groups is 1. The summed E-state index contributed by atoms with van der Waals surface area (Å²) in [6.07, 6.45) is 3.36. The number of hydrogen-bond donors (Lipinski definition) is 2. The van der Waals surface area contributed by atoms with Crippen LogP contribution in [0.15, 0.2) is 59.7 Å². The number of hydrazine groups is 1. The molecule has 1 aromatic carbocycles. The highest BCUT2D eigenvalue weighted by Crippen LogP contribution is 2.28. The quantitative estimate of drug-likeness (QED) is 0.532. The van der Waals surface area contributed by atoms with Crippen LogP contribution in [0.4, 0.5) is 0 Å². The molecule has 0 spiro atoms. The van der Waals surface area contributed by atoms with Gasteiger partial charge in [0.05, 0.1) is 21.7 Å². The van der Waals surface area contributed by atoms with Gasteiger partial charge in [-0.25, -0.2) is 4.98 Å². The molecule has 1 amide bonds. The molecule has 0 aliphatic carbocycles. The highest BCUT2D eigenvalue weighted by Gasteiger charge is 2.08. The SMILES string of the molecule is C=C(NNC(=O)CSc1nc2ccccc2s1)c1cccnc1. The standard InChI is InChI=1S/C16H14N4OS2/c1-11(12-5-4-8-17-9-12)19-20-15(21)10-22-16-18-13-6-2-3-7-14(13)23-16/h2-9,19H,1,10H2,(H,20,21). The lowest BCUT2D eigenvalue weighted by atomic mass is 10.2. The van der Waals surface area contributed by atoms with E-state index in [0.29, 0.717) is 5.70 Å². The lowest BCUT2D eigenvalue weighted by molar-refractivity contribution is -0.119. The molecule has 0 saturated heterocycles. The van der Waals surface area contributed by atoms with Crippen LogP contribution in [-0.2, 0) is 4.79 Å². The summed E-state index contributed by atoms with van der Waals surface area (Å²) in [4.78, 5) is 20.4. The van der Waals surface area contributed by atoms with Crippen molar-refractivity contribution >= 4 is 44.9 Å². The Labute approximate surface area is 141 Å². The molecule has 23 heavy (non-hydrogen) atoms. The van der Waals surface area contributed by atoms with Crippen molar-refractivity contribution in [3.8, 4) is 0 Å². The minimum absolute atomic E-state index is 0.140. The molecule has 0 atom stereocenters. The Bertz CT molecular complexity index is 799. The molecule has 5 nitrogen and oxygen atoms in total. The van der Waals surface area contributed by atoms with E-state index in [4.69, 9.17) is 0 Å². The van der Waals surface area contributed by atoms with Crippen molar-refractivity contribution < 1.29 is 4.79 Å². The van der Waals surface area contributed by atoms with Gasteiger partial charge in [0.1, 0.15) is 0 Å². The number of fused-ring (bicyclic) bond motifs is 1. The summed E-state index contributed by atoms with van der Waals surface area (Å²) < 4.78 is 2.01. The molecule has 2 aromatic heterocycles. The van der Waals surface area contributed by atoms with Crippen molar-refractivity contribution in [1.82, 2.24) is 20.8 Å². The molecule has 0 saturated carbocycles. The van der Waals surface area contributed by atoms with Crippen LogP contribution in [0.5, 0.6) is 0 Å². The predicted molar refractivity (Wildman–Crippen MR) is 94.9 cm³/mol. The van der Waals surface area contributed by atoms with Crippen molar-refractivity contribution in [1.29, 1.82) is 0 Å². The van der Waals surface area contributed by atoms with Crippen LogP contribution in [0.25, 0.3) is 15.9 Å². The van der Waals surface area contributed by atoms with Crippen LogP contribution >= 0.6 is 23.1 Å². The first kappa shape index (κ1) is 15.5. The Morgan fingerprint density at radius 1 is 1.22 bits per heavy atom. The minimum atomic E-state index is -0.140. The number of benzene rings is 1. The van der Waals surface area contributed by atoms with Gasteiger partial charge in [0.25, 0.3) is 0 Å². The van der Waals surface area contributed by atoms with Crippen LogP contribution in [0.1, 0.15) is 5.56 Å². The van der Waals surface area contributed by atoms with E-state index >= 15 is 0 Å². The highest BCUT2D eigenvalue weighted by atomic mass is 32.2. The van der Waals surface area contributed by atoms with Crippen LogP contribution in [-0.4, -0.2) is 21.6 Å². The zero-order valence-electron chi connectivity index (χ0n) is 12.2. The summed E-state index contributed by atoms with van der Waals surface area (Å²) in [6, 6.07) is 11.6. The van der Waals surface area contributed by atoms with E-state index in [1.54, 1.807) is 23.7 Å². The number of hydrogen-bond acceptors (Lipinski definition) is 6. The fourth-order valence-corrected chi connectivity index (χ4v) is 3.70. The molecule has 3 rings (SSSR count). The molecule has 0 bridgehead atoms. The normalized spacial score (nSPS) is 10.4. The maximum atomic E-state index is 11.9. The van der Waals surface area contributed by atoms with Gasteiger partial charge < -0.3 is 0 Å². The van der Waals surface area contributed by atoms with E-state index in [-0.39, 0.29) is 11.7 Å². The second-order valence-corrected chi connectivity index (χ2v) is 6.88. The van der Waals surface area contributed by atoms with E-state index in [1.807, 2.05) is 36.4 Å². The average molecular weight is 342 g/mol. The molecule has 0 radical (unpaired) electrons. The van der Waals surface area contributed by atoms with Crippen LogP contribution < -0.4 is 10.9 Å². The molecule has 0 aliphatic rings. The Morgan fingerprint density at radius 2 is 2.09 bits per heavy atom. The van der Waals surface area contributed by atoms with E-state index < -0.39 is 0 Å². The number of amides is 1. The van der Waals surface area contributed by atoms with E-state index in [1.165, 1.54) is 11.8 Å². The maximum Gasteiger partial charge on any atom is 0.248 e. The van der Waals surface area contributed by atoms with Crippen molar-refractivity contribution in [2.45, 2.75) is 4.34 Å². The Balaban J connectivity index is 1.49. The van der Waals surface area contributed by atoms with Gasteiger partial charge in [0.2, 0.25) is 5.91 Å². The third-order valence-electron chi connectivity index (χ3n) is 2.96. The molecule has 7 heteroatoms. The summed E-state index contributed by atoms with van der Waals surface area (Å²) in [6.45, 7) is 3.86. The van der Waals surface area contributed by atoms with Gasteiger partial charge in [-0.15, -0.1) is 11.3 Å². The number of nitrogens with zero attached hydrogens (tertiary/aromatic N) is 2. The number of nitrogens with one attached hydrogen (secondary N) is 2. The third-order valence-corrected chi connectivity index (χ3v) is 5.14. The topological polar surface area (TPSA) is 66.9 Å². The summed E-state index contributed by atoms with van der Waals surface area (Å²) >= 11 is 3.00. The van der Waals surface area contributed by atoms with Crippen molar-refractivity contribution in [2.24, 2.45) is 0 Å². The zero-order chi connectivity index (χ0) is 16.1. The second-order valence-electron chi connectivity index (χ2n) is 4.63. The Kier molecular flexibility index (Phi) is 4.89. The summed E-state index contributed by atoms with van der Waals surface area (Å²) in [5, 5.41) is 0. The number of pyridine rings is 1. The van der Waals surface area contributed by atoms with Gasteiger partial charge in [0, 0.05) is 18.0 Å². The molecule has 0 fully saturated rings. The summed E-state index contributed by atoms with van der Waals surface area (Å²) in [5.41, 5.74) is 7.80. The number of thiazole rings is 1. The molecule has 116 valence electrons. The van der Waals surface area contributed by atoms with Crippen LogP contribution in [0.2, 0.25) is 0 Å². The molecular formula is C16H14N4OS2. The van der Waals surface area contributed by atoms with Gasteiger partial charge in [0.15, 0.2) is 4.34 Å². The zero-order valence-corrected chi connectivity index (χ0v) is 13.8. The number of rotatable bonds is 6. The summed E-state index contributed by atoms with van der Waals surface area (Å²) in [7, 11) is 0. The first-order valence-corrected chi connectivity index (χ1v) is 8.65. The number of para-hydroxylation sites is 1. The monoisotopic (exact) mass is 342 g/mol. The molecular weight excluding hydrogens is 328 g/mol. The number of carbonyl (C=O) groups is 1. The predicted octanol–water partition coefficient (Wildman–Crippen LogP) is 3.08. The van der Waals surface area contributed by atoms with E-state index in [9.17, 15) is 4.79 Å². The first-order chi connectivity index (χ1) is 11.2. The largest absolute Gasteiger partial charge is 0.299 e. The Hall–Kier alpha value is -2.38. The lowest BCUT2D eigenvalue weighted by Crippen LogP contribution is -2.37. The third kappa shape index (κ3) is 4.08. The Morgan fingerprint density at radius 3 is 2.87 bits per heavy atom. The average Bonchev–Trinajstić information content (AvgIpc) is 3.01. The second kappa shape index (κ2) is 7.26. The van der Waals surface area contributed by atoms with Crippen molar-refractivity contribution in [2.75, 3.05) is 5.75 Å². The fraction of sp³-hybridized carbons (Fsp3) is 0.0625. The van der Waals surface area contributed by atoms with Gasteiger partial charge in [-0.3, -0.25) is 20.6 Å². The lowest BCUT2D eigenvalue weighted by Gasteiger charge is -2.10. The van der Waals surface area contributed by atoms with E-state index in [0.717, 1.165) is 20.1 Å². The van der Waals surface area contributed by atoms with Gasteiger partial charge >= 0.3 is 0 Å². The molecule has 2 N–H and O–H groups in total. The number of aromatic nitrogens is 2. The molecule has 0 aliphatic heterocycles. The molecule has 2 heterocycles. The summed E-state index contributed by atoms with van der Waals surface area (Å²) in [5.74, 6) is 0.145.